The molecule has 0 saturated carbocycles. The van der Waals surface area contributed by atoms with E-state index in [1.807, 2.05) is 44.2 Å². The molecule has 0 heterocycles. The highest BCUT2D eigenvalue weighted by Crippen LogP contribution is 2.18. The van der Waals surface area contributed by atoms with Crippen LogP contribution in [0.25, 0.3) is 10.8 Å². The molecule has 92 valence electrons. The van der Waals surface area contributed by atoms with Crippen LogP contribution in [0.2, 0.25) is 0 Å². The van der Waals surface area contributed by atoms with E-state index in [0.717, 1.165) is 10.8 Å². The Kier molecular flexibility index (Phi) is 3.42. The summed E-state index contributed by atoms with van der Waals surface area (Å²) in [5, 5.41) is 4.39. The Labute approximate surface area is 106 Å². The maximum absolute atomic E-state index is 12.1. The van der Waals surface area contributed by atoms with E-state index in [4.69, 9.17) is 0 Å². The van der Waals surface area contributed by atoms with Crippen molar-refractivity contribution in [1.82, 2.24) is 5.32 Å². The number of rotatable bonds is 3. The summed E-state index contributed by atoms with van der Waals surface area (Å²) in [7, 11) is 0. The lowest BCUT2D eigenvalue weighted by Crippen LogP contribution is -2.36. The minimum atomic E-state index is -0.554. The van der Waals surface area contributed by atoms with Crippen LogP contribution in [-0.4, -0.2) is 17.7 Å². The summed E-state index contributed by atoms with van der Waals surface area (Å²) < 4.78 is 0. The Morgan fingerprint density at radius 2 is 1.67 bits per heavy atom. The molecule has 0 radical (unpaired) electrons. The predicted octanol–water partition coefficient (Wildman–Crippen LogP) is 2.55. The van der Waals surface area contributed by atoms with Gasteiger partial charge in [-0.1, -0.05) is 42.5 Å². The molecule has 2 aromatic rings. The molecule has 0 aliphatic carbocycles. The molecule has 0 bridgehead atoms. The predicted molar refractivity (Wildman–Crippen MR) is 71.6 cm³/mol. The quantitative estimate of drug-likeness (QED) is 0.663. The highest BCUT2D eigenvalue weighted by molar-refractivity contribution is 6.44. The smallest absolute Gasteiger partial charge is 0.292 e. The zero-order valence-corrected chi connectivity index (χ0v) is 10.4. The van der Waals surface area contributed by atoms with Crippen LogP contribution in [-0.2, 0) is 4.79 Å². The second-order valence-corrected chi connectivity index (χ2v) is 4.48. The molecule has 0 unspecified atom stereocenters. The van der Waals surface area contributed by atoms with Crippen LogP contribution in [0.5, 0.6) is 0 Å². The molecule has 0 aliphatic rings. The van der Waals surface area contributed by atoms with Crippen molar-refractivity contribution in [3.05, 3.63) is 48.0 Å². The number of hydrogen-bond donors (Lipinski definition) is 1. The van der Waals surface area contributed by atoms with E-state index >= 15 is 0 Å². The zero-order chi connectivity index (χ0) is 13.1. The molecule has 3 heteroatoms. The van der Waals surface area contributed by atoms with Gasteiger partial charge in [0.15, 0.2) is 0 Å². The van der Waals surface area contributed by atoms with Gasteiger partial charge in [0, 0.05) is 11.6 Å². The average Bonchev–Trinajstić information content (AvgIpc) is 2.36. The number of fused-ring (bicyclic) bond motifs is 1. The summed E-state index contributed by atoms with van der Waals surface area (Å²) in [4.78, 5) is 23.8. The second-order valence-electron chi connectivity index (χ2n) is 4.48. The summed E-state index contributed by atoms with van der Waals surface area (Å²) in [6.45, 7) is 3.66. The number of hydrogen-bond acceptors (Lipinski definition) is 2. The lowest BCUT2D eigenvalue weighted by Gasteiger charge is -2.08. The van der Waals surface area contributed by atoms with Crippen molar-refractivity contribution < 1.29 is 9.59 Å². The third-order valence-electron chi connectivity index (χ3n) is 2.66. The molecule has 2 rings (SSSR count). The van der Waals surface area contributed by atoms with E-state index in [1.54, 1.807) is 12.1 Å². The van der Waals surface area contributed by atoms with E-state index in [2.05, 4.69) is 5.32 Å². The lowest BCUT2D eigenvalue weighted by atomic mass is 10.0. The summed E-state index contributed by atoms with van der Waals surface area (Å²) in [5.41, 5.74) is 0.450. The number of benzene rings is 2. The lowest BCUT2D eigenvalue weighted by molar-refractivity contribution is -0.117. The molecule has 3 nitrogen and oxygen atoms in total. The SMILES string of the molecule is CC(C)NC(=O)C(=O)c1cccc2ccccc12. The highest BCUT2D eigenvalue weighted by atomic mass is 16.2. The van der Waals surface area contributed by atoms with Gasteiger partial charge in [-0.25, -0.2) is 0 Å². The molecule has 0 aliphatic heterocycles. The van der Waals surface area contributed by atoms with Gasteiger partial charge in [0.1, 0.15) is 0 Å². The summed E-state index contributed by atoms with van der Waals surface area (Å²) >= 11 is 0. The minimum absolute atomic E-state index is 0.0450. The van der Waals surface area contributed by atoms with Gasteiger partial charge in [0.05, 0.1) is 0 Å². The molecule has 1 N–H and O–H groups in total. The Morgan fingerprint density at radius 1 is 1.00 bits per heavy atom. The van der Waals surface area contributed by atoms with E-state index in [9.17, 15) is 9.59 Å². The van der Waals surface area contributed by atoms with Crippen LogP contribution in [0.15, 0.2) is 42.5 Å². The number of nitrogens with one attached hydrogen (secondary N) is 1. The maximum atomic E-state index is 12.1. The molecule has 0 spiro atoms. The Bertz CT molecular complexity index is 597. The van der Waals surface area contributed by atoms with E-state index in [1.165, 1.54) is 0 Å². The van der Waals surface area contributed by atoms with E-state index in [0.29, 0.717) is 5.56 Å². The molecule has 1 amide bonds. The first-order valence-corrected chi connectivity index (χ1v) is 5.92. The van der Waals surface area contributed by atoms with Crippen molar-refractivity contribution in [1.29, 1.82) is 0 Å². The van der Waals surface area contributed by atoms with Crippen molar-refractivity contribution in [2.45, 2.75) is 19.9 Å². The van der Waals surface area contributed by atoms with Crippen molar-refractivity contribution >= 4 is 22.5 Å². The minimum Gasteiger partial charge on any atom is -0.347 e. The standard InChI is InChI=1S/C15H15NO2/c1-10(2)16-15(18)14(17)13-9-5-7-11-6-3-4-8-12(11)13/h3-10H,1-2H3,(H,16,18). The molecular formula is C15H15NO2. The van der Waals surface area contributed by atoms with Crippen molar-refractivity contribution in [3.8, 4) is 0 Å². The monoisotopic (exact) mass is 241 g/mol. The van der Waals surface area contributed by atoms with E-state index in [-0.39, 0.29) is 6.04 Å². The fourth-order valence-electron chi connectivity index (χ4n) is 1.87. The van der Waals surface area contributed by atoms with Gasteiger partial charge in [-0.3, -0.25) is 9.59 Å². The maximum Gasteiger partial charge on any atom is 0.292 e. The molecule has 2 aromatic carbocycles. The van der Waals surface area contributed by atoms with Crippen LogP contribution in [0.3, 0.4) is 0 Å². The fraction of sp³-hybridized carbons (Fsp3) is 0.200. The first-order chi connectivity index (χ1) is 8.59. The molecular weight excluding hydrogens is 226 g/mol. The first-order valence-electron chi connectivity index (χ1n) is 5.92. The highest BCUT2D eigenvalue weighted by Gasteiger charge is 2.18. The van der Waals surface area contributed by atoms with Gasteiger partial charge >= 0.3 is 0 Å². The van der Waals surface area contributed by atoms with Crippen molar-refractivity contribution in [3.63, 3.8) is 0 Å². The van der Waals surface area contributed by atoms with Gasteiger partial charge in [0.2, 0.25) is 0 Å². The van der Waals surface area contributed by atoms with E-state index < -0.39 is 11.7 Å². The van der Waals surface area contributed by atoms with Gasteiger partial charge in [-0.05, 0) is 24.6 Å². The first kappa shape index (κ1) is 12.3. The van der Waals surface area contributed by atoms with Crippen molar-refractivity contribution in [2.24, 2.45) is 0 Å². The van der Waals surface area contributed by atoms with Gasteiger partial charge in [0.25, 0.3) is 11.7 Å². The molecule has 0 aromatic heterocycles. The second kappa shape index (κ2) is 5.00. The Morgan fingerprint density at radius 3 is 2.39 bits per heavy atom. The van der Waals surface area contributed by atoms with Crippen LogP contribution in [0.1, 0.15) is 24.2 Å². The zero-order valence-electron chi connectivity index (χ0n) is 10.4. The third-order valence-corrected chi connectivity index (χ3v) is 2.66. The fourth-order valence-corrected chi connectivity index (χ4v) is 1.87. The molecule has 0 atom stereocenters. The van der Waals surface area contributed by atoms with Crippen LogP contribution in [0, 0.1) is 0 Å². The molecule has 0 fully saturated rings. The van der Waals surface area contributed by atoms with Crippen LogP contribution in [0.4, 0.5) is 0 Å². The van der Waals surface area contributed by atoms with Crippen LogP contribution < -0.4 is 5.32 Å². The van der Waals surface area contributed by atoms with Crippen LogP contribution >= 0.6 is 0 Å². The van der Waals surface area contributed by atoms with Gasteiger partial charge < -0.3 is 5.32 Å². The Hall–Kier alpha value is -2.16. The number of carbonyl (C=O) groups is 2. The number of Topliss-reactive ketones (excluding diaryl/α,β-unsaturated/α-hetero) is 1. The topological polar surface area (TPSA) is 46.2 Å². The number of amides is 1. The summed E-state index contributed by atoms with van der Waals surface area (Å²) in [6.07, 6.45) is 0. The van der Waals surface area contributed by atoms with Gasteiger partial charge in [-0.15, -0.1) is 0 Å². The molecule has 18 heavy (non-hydrogen) atoms. The largest absolute Gasteiger partial charge is 0.347 e. The summed E-state index contributed by atoms with van der Waals surface area (Å²) in [6, 6.07) is 12.9. The number of ketones is 1. The third kappa shape index (κ3) is 2.40. The number of carbonyl (C=O) groups excluding carboxylic acids is 2. The van der Waals surface area contributed by atoms with Crippen molar-refractivity contribution in [2.75, 3.05) is 0 Å². The average molecular weight is 241 g/mol. The molecule has 0 saturated heterocycles. The van der Waals surface area contributed by atoms with Gasteiger partial charge in [-0.2, -0.15) is 0 Å². The summed E-state index contributed by atoms with van der Waals surface area (Å²) in [5.74, 6) is -1.04. The normalized spacial score (nSPS) is 10.6. The Balaban J connectivity index is 2.42.